The van der Waals surface area contributed by atoms with Gasteiger partial charge >= 0.3 is 6.18 Å². The number of aliphatic hydroxyl groups excluding tert-OH is 1. The summed E-state index contributed by atoms with van der Waals surface area (Å²) in [6.07, 6.45) is -1.68. The maximum Gasteiger partial charge on any atom is 0.419 e. The normalized spacial score (nSPS) is 14.4. The number of benzene rings is 2. The summed E-state index contributed by atoms with van der Waals surface area (Å²) in [4.78, 5) is 14.4. The Morgan fingerprint density at radius 3 is 2.70 bits per heavy atom. The molecule has 0 bridgehead atoms. The first kappa shape index (κ1) is 22.1. The van der Waals surface area contributed by atoms with Gasteiger partial charge in [0, 0.05) is 24.4 Å². The van der Waals surface area contributed by atoms with Crippen LogP contribution in [-0.4, -0.2) is 28.6 Å². The number of nitrogens with zero attached hydrogens (tertiary/aromatic N) is 1. The van der Waals surface area contributed by atoms with Crippen molar-refractivity contribution in [3.05, 3.63) is 69.6 Å². The zero-order chi connectivity index (χ0) is 22.1. The van der Waals surface area contributed by atoms with Crippen molar-refractivity contribution in [1.29, 1.82) is 0 Å². The van der Waals surface area contributed by atoms with Gasteiger partial charge in [-0.15, -0.1) is 0 Å². The molecule has 2 aromatic rings. The summed E-state index contributed by atoms with van der Waals surface area (Å²) in [5.74, 6) is -1.97. The van der Waals surface area contributed by atoms with E-state index in [4.69, 9.17) is 11.6 Å². The molecule has 0 aromatic heterocycles. The second-order valence-electron chi connectivity index (χ2n) is 7.05. The van der Waals surface area contributed by atoms with E-state index in [1.54, 1.807) is 18.3 Å². The number of hydrogen-bond acceptors (Lipinski definition) is 3. The molecule has 3 rings (SSSR count). The number of fused-ring (bicyclic) bond motifs is 1. The van der Waals surface area contributed by atoms with Gasteiger partial charge in [0.2, 0.25) is 5.91 Å². The van der Waals surface area contributed by atoms with Crippen LogP contribution < -0.4 is 5.32 Å². The number of rotatable bonds is 5. The number of halogens is 5. The molecule has 0 radical (unpaired) electrons. The largest absolute Gasteiger partial charge is 0.419 e. The van der Waals surface area contributed by atoms with Crippen molar-refractivity contribution in [1.82, 2.24) is 4.90 Å². The van der Waals surface area contributed by atoms with Crippen LogP contribution in [0.5, 0.6) is 0 Å². The Bertz CT molecular complexity index is 992. The molecule has 1 heterocycles. The third-order valence-corrected chi connectivity index (χ3v) is 5.18. The second-order valence-corrected chi connectivity index (χ2v) is 7.46. The zero-order valence-corrected chi connectivity index (χ0v) is 16.7. The standard InChI is InChI=1S/C21H19ClF4N2O2/c1-12(11-29)28-7-6-15-14(10-28)3-4-17(22)20(15)27-19(30)9-13-2-5-18(23)16(8-13)21(24,25)26/h2-8,12,29H,9-11H2,1H3,(H,27,30). The lowest BCUT2D eigenvalue weighted by Crippen LogP contribution is -2.32. The van der Waals surface area contributed by atoms with Crippen LogP contribution in [0.15, 0.2) is 36.5 Å². The number of aliphatic hydroxyl groups is 1. The van der Waals surface area contributed by atoms with Crippen molar-refractivity contribution >= 4 is 29.3 Å². The molecule has 0 fully saturated rings. The number of hydrogen-bond donors (Lipinski definition) is 2. The maximum atomic E-state index is 13.4. The number of nitrogens with one attached hydrogen (secondary N) is 1. The van der Waals surface area contributed by atoms with Gasteiger partial charge in [-0.05, 0) is 42.3 Å². The molecule has 160 valence electrons. The topological polar surface area (TPSA) is 52.6 Å². The summed E-state index contributed by atoms with van der Waals surface area (Å²) in [6.45, 7) is 2.35. The van der Waals surface area contributed by atoms with Gasteiger partial charge in [0.05, 0.1) is 29.3 Å². The Kier molecular flexibility index (Phi) is 6.38. The minimum absolute atomic E-state index is 0.0194. The summed E-state index contributed by atoms with van der Waals surface area (Å²) in [6, 6.07) is 5.80. The molecule has 0 saturated carbocycles. The van der Waals surface area contributed by atoms with E-state index in [1.807, 2.05) is 17.9 Å². The molecule has 0 saturated heterocycles. The summed E-state index contributed by atoms with van der Waals surface area (Å²) < 4.78 is 52.1. The van der Waals surface area contributed by atoms with E-state index in [1.165, 1.54) is 0 Å². The van der Waals surface area contributed by atoms with Crippen molar-refractivity contribution in [3.8, 4) is 0 Å². The molecule has 1 amide bonds. The molecule has 2 N–H and O–H groups in total. The SMILES string of the molecule is CC(CO)N1C=Cc2c(ccc(Cl)c2NC(=O)Cc2ccc(F)c(C(F)(F)F)c2)C1. The van der Waals surface area contributed by atoms with Crippen LogP contribution in [0.2, 0.25) is 5.02 Å². The average Bonchev–Trinajstić information content (AvgIpc) is 2.69. The second kappa shape index (κ2) is 8.65. The number of carbonyl (C=O) groups excluding carboxylic acids is 1. The summed E-state index contributed by atoms with van der Waals surface area (Å²) >= 11 is 6.24. The molecule has 0 aliphatic carbocycles. The minimum atomic E-state index is -4.85. The van der Waals surface area contributed by atoms with E-state index in [-0.39, 0.29) is 29.7 Å². The van der Waals surface area contributed by atoms with Crippen LogP contribution in [0.1, 0.15) is 29.2 Å². The highest BCUT2D eigenvalue weighted by atomic mass is 35.5. The highest BCUT2D eigenvalue weighted by molar-refractivity contribution is 6.34. The highest BCUT2D eigenvalue weighted by Gasteiger charge is 2.34. The quantitative estimate of drug-likeness (QED) is 0.651. The predicted octanol–water partition coefficient (Wildman–Crippen LogP) is 4.85. The summed E-state index contributed by atoms with van der Waals surface area (Å²) in [5.41, 5.74) is 0.528. The van der Waals surface area contributed by atoms with E-state index in [0.717, 1.165) is 11.6 Å². The van der Waals surface area contributed by atoms with Crippen molar-refractivity contribution in [2.24, 2.45) is 0 Å². The monoisotopic (exact) mass is 442 g/mol. The van der Waals surface area contributed by atoms with Crippen molar-refractivity contribution in [3.63, 3.8) is 0 Å². The van der Waals surface area contributed by atoms with Crippen molar-refractivity contribution in [2.75, 3.05) is 11.9 Å². The first-order valence-electron chi connectivity index (χ1n) is 9.11. The number of alkyl halides is 3. The molecule has 4 nitrogen and oxygen atoms in total. The fraction of sp³-hybridized carbons (Fsp3) is 0.286. The van der Waals surface area contributed by atoms with Gasteiger partial charge in [0.1, 0.15) is 5.82 Å². The average molecular weight is 443 g/mol. The van der Waals surface area contributed by atoms with Crippen molar-refractivity contribution in [2.45, 2.75) is 32.1 Å². The summed E-state index contributed by atoms with van der Waals surface area (Å²) in [5, 5.41) is 12.3. The zero-order valence-electron chi connectivity index (χ0n) is 15.9. The van der Waals surface area contributed by atoms with Crippen LogP contribution >= 0.6 is 11.6 Å². The van der Waals surface area contributed by atoms with Gasteiger partial charge < -0.3 is 15.3 Å². The van der Waals surface area contributed by atoms with Crippen LogP contribution in [0, 0.1) is 5.82 Å². The molecular weight excluding hydrogens is 424 g/mol. The molecule has 1 atom stereocenters. The van der Waals surface area contributed by atoms with E-state index < -0.39 is 23.5 Å². The maximum absolute atomic E-state index is 13.4. The smallest absolute Gasteiger partial charge is 0.394 e. The van der Waals surface area contributed by atoms with Gasteiger partial charge in [0.15, 0.2) is 0 Å². The van der Waals surface area contributed by atoms with Crippen molar-refractivity contribution < 1.29 is 27.5 Å². The Morgan fingerprint density at radius 1 is 1.30 bits per heavy atom. The number of anilines is 1. The Morgan fingerprint density at radius 2 is 2.03 bits per heavy atom. The first-order chi connectivity index (χ1) is 14.1. The van der Waals surface area contributed by atoms with Gasteiger partial charge in [-0.2, -0.15) is 13.2 Å². The van der Waals surface area contributed by atoms with Gasteiger partial charge in [-0.3, -0.25) is 4.79 Å². The molecule has 1 aliphatic rings. The van der Waals surface area contributed by atoms with Crippen LogP contribution in [0.3, 0.4) is 0 Å². The number of amides is 1. The molecule has 30 heavy (non-hydrogen) atoms. The van der Waals surface area contributed by atoms with Crippen LogP contribution in [0.4, 0.5) is 23.2 Å². The van der Waals surface area contributed by atoms with Gasteiger partial charge in [-0.1, -0.05) is 23.7 Å². The lowest BCUT2D eigenvalue weighted by atomic mass is 10.0. The Hall–Kier alpha value is -2.58. The molecule has 2 aromatic carbocycles. The molecular formula is C21H19ClF4N2O2. The van der Waals surface area contributed by atoms with E-state index in [2.05, 4.69) is 5.32 Å². The fourth-order valence-corrected chi connectivity index (χ4v) is 3.40. The highest BCUT2D eigenvalue weighted by Crippen LogP contribution is 2.34. The fourth-order valence-electron chi connectivity index (χ4n) is 3.19. The van der Waals surface area contributed by atoms with Crippen LogP contribution in [0.25, 0.3) is 6.08 Å². The van der Waals surface area contributed by atoms with E-state index >= 15 is 0 Å². The molecule has 1 unspecified atom stereocenters. The minimum Gasteiger partial charge on any atom is -0.394 e. The van der Waals surface area contributed by atoms with Gasteiger partial charge in [-0.25, -0.2) is 4.39 Å². The molecule has 1 aliphatic heterocycles. The summed E-state index contributed by atoms with van der Waals surface area (Å²) in [7, 11) is 0. The predicted molar refractivity (Wildman–Crippen MR) is 106 cm³/mol. The van der Waals surface area contributed by atoms with Gasteiger partial charge in [0.25, 0.3) is 0 Å². The first-order valence-corrected chi connectivity index (χ1v) is 9.49. The molecule has 0 spiro atoms. The number of carbonyl (C=O) groups is 1. The third kappa shape index (κ3) is 4.76. The Balaban J connectivity index is 1.81. The molecule has 9 heteroatoms. The van der Waals surface area contributed by atoms with Crippen LogP contribution in [-0.2, 0) is 23.9 Å². The lowest BCUT2D eigenvalue weighted by Gasteiger charge is -2.31. The van der Waals surface area contributed by atoms with E-state index in [0.29, 0.717) is 29.9 Å². The third-order valence-electron chi connectivity index (χ3n) is 4.87. The Labute approximate surface area is 175 Å². The van der Waals surface area contributed by atoms with E-state index in [9.17, 15) is 27.5 Å². The lowest BCUT2D eigenvalue weighted by molar-refractivity contribution is -0.140.